The number of amides is 1. The zero-order chi connectivity index (χ0) is 24.8. The summed E-state index contributed by atoms with van der Waals surface area (Å²) in [5, 5.41) is 7.86. The zero-order valence-electron chi connectivity index (χ0n) is 19.5. The van der Waals surface area contributed by atoms with Crippen LogP contribution in [-0.4, -0.2) is 33.5 Å². The van der Waals surface area contributed by atoms with Crippen LogP contribution in [0.25, 0.3) is 6.08 Å². The van der Waals surface area contributed by atoms with Gasteiger partial charge in [0.05, 0.1) is 12.2 Å². The van der Waals surface area contributed by atoms with Gasteiger partial charge in [-0.25, -0.2) is 4.79 Å². The van der Waals surface area contributed by atoms with Crippen LogP contribution in [0.2, 0.25) is 5.02 Å². The Morgan fingerprint density at radius 3 is 2.59 bits per heavy atom. The molecule has 1 atom stereocenters. The van der Waals surface area contributed by atoms with Crippen LogP contribution in [0.1, 0.15) is 46.7 Å². The molecule has 0 fully saturated rings. The molecule has 1 unspecified atom stereocenters. The van der Waals surface area contributed by atoms with Crippen molar-refractivity contribution in [1.82, 2.24) is 9.78 Å². The molecule has 1 N–H and O–H groups in total. The minimum Gasteiger partial charge on any atom is -0.449 e. The lowest BCUT2D eigenvalue weighted by atomic mass is 10.1. The minimum atomic E-state index is -1.02. The lowest BCUT2D eigenvalue weighted by Gasteiger charge is -2.12. The number of hydrogen-bond donors (Lipinski definition) is 1. The SMILES string of the molecule is CC(=O)c1cccc(NC(=O)C(C)OC(=O)/C=C/c2c(C)nn(Cc3ccccc3Cl)c2C)c1. The number of aromatic nitrogens is 2. The van der Waals surface area contributed by atoms with Gasteiger partial charge in [-0.1, -0.05) is 41.9 Å². The molecule has 176 valence electrons. The van der Waals surface area contributed by atoms with E-state index in [1.54, 1.807) is 30.3 Å². The summed E-state index contributed by atoms with van der Waals surface area (Å²) >= 11 is 6.26. The van der Waals surface area contributed by atoms with Crippen molar-refractivity contribution < 1.29 is 19.1 Å². The number of hydrogen-bond acceptors (Lipinski definition) is 5. The maximum Gasteiger partial charge on any atom is 0.331 e. The Hall–Kier alpha value is -3.71. The number of ketones is 1. The van der Waals surface area contributed by atoms with Gasteiger partial charge in [0, 0.05) is 33.6 Å². The summed E-state index contributed by atoms with van der Waals surface area (Å²) in [5.41, 5.74) is 4.29. The summed E-state index contributed by atoms with van der Waals surface area (Å²) in [6.45, 7) is 7.20. The predicted molar refractivity (Wildman–Crippen MR) is 132 cm³/mol. The van der Waals surface area contributed by atoms with Crippen LogP contribution < -0.4 is 5.32 Å². The summed E-state index contributed by atoms with van der Waals surface area (Å²) in [4.78, 5) is 36.2. The normalized spacial score (nSPS) is 11.9. The molecule has 1 heterocycles. The molecule has 8 heteroatoms. The van der Waals surface area contributed by atoms with Crippen molar-refractivity contribution in [3.05, 3.63) is 87.7 Å². The van der Waals surface area contributed by atoms with Crippen LogP contribution in [0.4, 0.5) is 5.69 Å². The number of Topliss-reactive ketones (excluding diaryl/α,β-unsaturated/α-hetero) is 1. The first kappa shape index (κ1) is 24.9. The molecule has 7 nitrogen and oxygen atoms in total. The summed E-state index contributed by atoms with van der Waals surface area (Å²) in [6.07, 6.45) is 1.88. The minimum absolute atomic E-state index is 0.110. The summed E-state index contributed by atoms with van der Waals surface area (Å²) in [7, 11) is 0. The number of nitrogens with zero attached hydrogens (tertiary/aromatic N) is 2. The first-order chi connectivity index (χ1) is 16.2. The van der Waals surface area contributed by atoms with Crippen LogP contribution in [0.3, 0.4) is 0 Å². The lowest BCUT2D eigenvalue weighted by molar-refractivity contribution is -0.148. The van der Waals surface area contributed by atoms with Gasteiger partial charge in [-0.2, -0.15) is 5.10 Å². The van der Waals surface area contributed by atoms with Crippen molar-refractivity contribution in [2.45, 2.75) is 40.3 Å². The lowest BCUT2D eigenvalue weighted by Crippen LogP contribution is -2.29. The fourth-order valence-electron chi connectivity index (χ4n) is 3.37. The van der Waals surface area contributed by atoms with E-state index in [1.807, 2.05) is 42.8 Å². The molecular formula is C26H26ClN3O4. The number of esters is 1. The van der Waals surface area contributed by atoms with Gasteiger partial charge in [0.1, 0.15) is 0 Å². The second kappa shape index (κ2) is 10.9. The van der Waals surface area contributed by atoms with E-state index in [9.17, 15) is 14.4 Å². The number of ether oxygens (including phenoxy) is 1. The summed E-state index contributed by atoms with van der Waals surface area (Å²) in [5.74, 6) is -1.26. The molecule has 2 aromatic carbocycles. The smallest absolute Gasteiger partial charge is 0.331 e. The fraction of sp³-hybridized carbons (Fsp3) is 0.231. The Kier molecular flexibility index (Phi) is 8.02. The van der Waals surface area contributed by atoms with E-state index in [1.165, 1.54) is 19.9 Å². The molecule has 1 amide bonds. The van der Waals surface area contributed by atoms with Gasteiger partial charge >= 0.3 is 5.97 Å². The number of carbonyl (C=O) groups excluding carboxylic acids is 3. The molecule has 0 spiro atoms. The molecule has 0 aliphatic rings. The van der Waals surface area contributed by atoms with E-state index in [4.69, 9.17) is 16.3 Å². The first-order valence-corrected chi connectivity index (χ1v) is 11.1. The number of aryl methyl sites for hydroxylation is 1. The number of carbonyl (C=O) groups is 3. The highest BCUT2D eigenvalue weighted by molar-refractivity contribution is 6.31. The molecule has 1 aromatic heterocycles. The standard InChI is InChI=1S/C26H26ClN3O4/c1-16-23(17(2)30(29-16)15-21-8-5-6-11-24(21)27)12-13-25(32)34-19(4)26(33)28-22-10-7-9-20(14-22)18(3)31/h5-14,19H,15H2,1-4H3,(H,28,33)/b13-12+. The van der Waals surface area contributed by atoms with E-state index in [0.717, 1.165) is 22.5 Å². The third-order valence-electron chi connectivity index (χ3n) is 5.30. The molecule has 0 bridgehead atoms. The van der Waals surface area contributed by atoms with Crippen molar-refractivity contribution in [1.29, 1.82) is 0 Å². The highest BCUT2D eigenvalue weighted by Crippen LogP contribution is 2.20. The van der Waals surface area contributed by atoms with Gasteiger partial charge in [0.15, 0.2) is 11.9 Å². The van der Waals surface area contributed by atoms with Crippen LogP contribution in [0.5, 0.6) is 0 Å². The monoisotopic (exact) mass is 479 g/mol. The fourth-order valence-corrected chi connectivity index (χ4v) is 3.57. The average Bonchev–Trinajstić information content (AvgIpc) is 3.06. The Bertz CT molecular complexity index is 1260. The molecule has 0 radical (unpaired) electrons. The van der Waals surface area contributed by atoms with Gasteiger partial charge in [0.2, 0.25) is 0 Å². The predicted octanol–water partition coefficient (Wildman–Crippen LogP) is 4.99. The number of benzene rings is 2. The van der Waals surface area contributed by atoms with Gasteiger partial charge in [-0.05, 0) is 57.5 Å². The Labute approximate surface area is 203 Å². The van der Waals surface area contributed by atoms with Gasteiger partial charge in [-0.15, -0.1) is 0 Å². The van der Waals surface area contributed by atoms with Crippen molar-refractivity contribution in [3.63, 3.8) is 0 Å². The number of halogens is 1. The third-order valence-corrected chi connectivity index (χ3v) is 5.67. The summed E-state index contributed by atoms with van der Waals surface area (Å²) < 4.78 is 7.06. The second-order valence-corrected chi connectivity index (χ2v) is 8.28. The van der Waals surface area contributed by atoms with Crippen molar-refractivity contribution in [2.75, 3.05) is 5.32 Å². The maximum absolute atomic E-state index is 12.4. The van der Waals surface area contributed by atoms with Gasteiger partial charge in [-0.3, -0.25) is 14.3 Å². The molecule has 0 aliphatic heterocycles. The van der Waals surface area contributed by atoms with Crippen molar-refractivity contribution in [3.8, 4) is 0 Å². The molecule has 3 rings (SSSR count). The average molecular weight is 480 g/mol. The zero-order valence-corrected chi connectivity index (χ0v) is 20.2. The Morgan fingerprint density at radius 2 is 1.88 bits per heavy atom. The third kappa shape index (κ3) is 6.20. The Balaban J connectivity index is 1.62. The first-order valence-electron chi connectivity index (χ1n) is 10.7. The maximum atomic E-state index is 12.4. The number of rotatable bonds is 8. The van der Waals surface area contributed by atoms with Crippen molar-refractivity contribution in [2.24, 2.45) is 0 Å². The molecule has 34 heavy (non-hydrogen) atoms. The van der Waals surface area contributed by atoms with E-state index < -0.39 is 18.0 Å². The quantitative estimate of drug-likeness (QED) is 0.279. The Morgan fingerprint density at radius 1 is 1.15 bits per heavy atom. The molecular weight excluding hydrogens is 454 g/mol. The van der Waals surface area contributed by atoms with Gasteiger partial charge < -0.3 is 10.1 Å². The van der Waals surface area contributed by atoms with E-state index in [2.05, 4.69) is 10.4 Å². The summed E-state index contributed by atoms with van der Waals surface area (Å²) in [6, 6.07) is 14.1. The largest absolute Gasteiger partial charge is 0.449 e. The van der Waals surface area contributed by atoms with E-state index in [0.29, 0.717) is 22.8 Å². The van der Waals surface area contributed by atoms with Crippen molar-refractivity contribution >= 4 is 41.0 Å². The molecule has 0 saturated carbocycles. The highest BCUT2D eigenvalue weighted by Gasteiger charge is 2.18. The van der Waals surface area contributed by atoms with Crippen LogP contribution >= 0.6 is 11.6 Å². The molecule has 0 aliphatic carbocycles. The topological polar surface area (TPSA) is 90.3 Å². The highest BCUT2D eigenvalue weighted by atomic mass is 35.5. The van der Waals surface area contributed by atoms with Gasteiger partial charge in [0.25, 0.3) is 5.91 Å². The van der Waals surface area contributed by atoms with E-state index >= 15 is 0 Å². The van der Waals surface area contributed by atoms with Crippen LogP contribution in [0.15, 0.2) is 54.6 Å². The number of anilines is 1. The van der Waals surface area contributed by atoms with Crippen LogP contribution in [0, 0.1) is 13.8 Å². The second-order valence-electron chi connectivity index (χ2n) is 7.87. The van der Waals surface area contributed by atoms with E-state index in [-0.39, 0.29) is 5.78 Å². The number of nitrogens with one attached hydrogen (secondary N) is 1. The van der Waals surface area contributed by atoms with Crippen LogP contribution in [-0.2, 0) is 20.9 Å². The molecule has 3 aromatic rings. The molecule has 0 saturated heterocycles.